The van der Waals surface area contributed by atoms with E-state index in [9.17, 15) is 15.3 Å². The average molecular weight is 274 g/mol. The van der Waals surface area contributed by atoms with E-state index in [4.69, 9.17) is 9.47 Å². The van der Waals surface area contributed by atoms with Gasteiger partial charge >= 0.3 is 0 Å². The second-order valence-corrected chi connectivity index (χ2v) is 4.87. The molecule has 0 aromatic heterocycles. The molecule has 0 amide bonds. The van der Waals surface area contributed by atoms with E-state index in [2.05, 4.69) is 19.1 Å². The largest absolute Gasteiger partial charge is 0.388 e. The molecule has 0 aromatic rings. The molecule has 0 bridgehead atoms. The highest BCUT2D eigenvalue weighted by Crippen LogP contribution is 2.17. The minimum atomic E-state index is -1.03. The maximum atomic E-state index is 9.78. The summed E-state index contributed by atoms with van der Waals surface area (Å²) >= 11 is 0. The van der Waals surface area contributed by atoms with Crippen molar-refractivity contribution in [2.75, 3.05) is 19.8 Å². The van der Waals surface area contributed by atoms with Crippen LogP contribution in [0.3, 0.4) is 0 Å². The predicted octanol–water partition coefficient (Wildman–Crippen LogP) is 0.621. The number of allylic oxidation sites excluding steroid dienone is 2. The van der Waals surface area contributed by atoms with Crippen LogP contribution in [0.4, 0.5) is 0 Å². The molecule has 5 heteroatoms. The van der Waals surface area contributed by atoms with Crippen molar-refractivity contribution in [2.24, 2.45) is 0 Å². The first kappa shape index (κ1) is 16.6. The molecule has 0 radical (unpaired) electrons. The van der Waals surface area contributed by atoms with Crippen molar-refractivity contribution in [3.8, 4) is 0 Å². The van der Waals surface area contributed by atoms with Crippen LogP contribution in [0.15, 0.2) is 12.2 Å². The van der Waals surface area contributed by atoms with Crippen LogP contribution in [0.5, 0.6) is 0 Å². The molecule has 1 saturated heterocycles. The van der Waals surface area contributed by atoms with Gasteiger partial charge in [0, 0.05) is 6.61 Å². The van der Waals surface area contributed by atoms with Crippen molar-refractivity contribution in [3.05, 3.63) is 12.2 Å². The van der Waals surface area contributed by atoms with Gasteiger partial charge < -0.3 is 24.8 Å². The highest BCUT2D eigenvalue weighted by molar-refractivity contribution is 4.87. The van der Waals surface area contributed by atoms with Gasteiger partial charge in [-0.1, -0.05) is 19.1 Å². The molecule has 0 aromatic carbocycles. The van der Waals surface area contributed by atoms with Gasteiger partial charge in [0.05, 0.1) is 13.2 Å². The fraction of sp³-hybridized carbons (Fsp3) is 0.857. The highest BCUT2D eigenvalue weighted by atomic mass is 16.5. The van der Waals surface area contributed by atoms with Crippen LogP contribution in [0.2, 0.25) is 0 Å². The Morgan fingerprint density at radius 3 is 2.74 bits per heavy atom. The molecule has 0 spiro atoms. The lowest BCUT2D eigenvalue weighted by Crippen LogP contribution is -2.40. The van der Waals surface area contributed by atoms with E-state index in [1.54, 1.807) is 0 Å². The Balaban J connectivity index is 2.01. The van der Waals surface area contributed by atoms with Gasteiger partial charge in [0.15, 0.2) is 0 Å². The summed E-state index contributed by atoms with van der Waals surface area (Å²) in [5.74, 6) is 0. The van der Waals surface area contributed by atoms with Crippen molar-refractivity contribution in [1.82, 2.24) is 0 Å². The summed E-state index contributed by atoms with van der Waals surface area (Å²) in [6.07, 6.45) is 4.85. The van der Waals surface area contributed by atoms with Crippen LogP contribution in [-0.4, -0.2) is 59.6 Å². The summed E-state index contributed by atoms with van der Waals surface area (Å²) in [5.41, 5.74) is 0. The van der Waals surface area contributed by atoms with Gasteiger partial charge in [-0.25, -0.2) is 0 Å². The summed E-state index contributed by atoms with van der Waals surface area (Å²) in [4.78, 5) is 0. The molecular weight excluding hydrogens is 248 g/mol. The minimum absolute atomic E-state index is 0.0622. The van der Waals surface area contributed by atoms with Crippen molar-refractivity contribution >= 4 is 0 Å². The molecule has 0 aliphatic carbocycles. The zero-order valence-electron chi connectivity index (χ0n) is 11.6. The van der Waals surface area contributed by atoms with Gasteiger partial charge in [-0.05, 0) is 25.7 Å². The molecule has 1 aliphatic heterocycles. The van der Waals surface area contributed by atoms with Crippen molar-refractivity contribution in [2.45, 2.75) is 57.0 Å². The van der Waals surface area contributed by atoms with Crippen molar-refractivity contribution in [1.29, 1.82) is 0 Å². The SMILES string of the molecule is CC/C=C/CCCCOC[C@@H](O)[C@H]1OC[C@H](O)[C@H]1O. The Morgan fingerprint density at radius 1 is 1.32 bits per heavy atom. The smallest absolute Gasteiger partial charge is 0.114 e. The number of hydrogen-bond donors (Lipinski definition) is 3. The molecule has 1 rings (SSSR count). The lowest BCUT2D eigenvalue weighted by Gasteiger charge is -2.20. The van der Waals surface area contributed by atoms with Gasteiger partial charge in [0.25, 0.3) is 0 Å². The quantitative estimate of drug-likeness (QED) is 0.424. The summed E-state index contributed by atoms with van der Waals surface area (Å²) in [6.45, 7) is 2.88. The Hall–Kier alpha value is -0.460. The highest BCUT2D eigenvalue weighted by Gasteiger charge is 2.39. The van der Waals surface area contributed by atoms with Crippen LogP contribution >= 0.6 is 0 Å². The molecule has 3 N–H and O–H groups in total. The third kappa shape index (κ3) is 6.01. The van der Waals surface area contributed by atoms with E-state index in [-0.39, 0.29) is 13.2 Å². The third-order valence-corrected chi connectivity index (χ3v) is 3.17. The summed E-state index contributed by atoms with van der Waals surface area (Å²) < 4.78 is 10.5. The van der Waals surface area contributed by atoms with Crippen molar-refractivity contribution in [3.63, 3.8) is 0 Å². The first-order chi connectivity index (χ1) is 9.16. The molecule has 4 atom stereocenters. The number of aliphatic hydroxyl groups is 3. The van der Waals surface area contributed by atoms with Gasteiger partial charge in [-0.15, -0.1) is 0 Å². The molecule has 1 fully saturated rings. The van der Waals surface area contributed by atoms with Gasteiger partial charge in [0.1, 0.15) is 24.4 Å². The first-order valence-corrected chi connectivity index (χ1v) is 7.05. The zero-order valence-corrected chi connectivity index (χ0v) is 11.6. The first-order valence-electron chi connectivity index (χ1n) is 7.05. The number of rotatable bonds is 9. The molecule has 19 heavy (non-hydrogen) atoms. The Labute approximate surface area is 114 Å². The topological polar surface area (TPSA) is 79.2 Å². The molecule has 5 nitrogen and oxygen atoms in total. The Morgan fingerprint density at radius 2 is 2.11 bits per heavy atom. The van der Waals surface area contributed by atoms with Crippen LogP contribution in [0.25, 0.3) is 0 Å². The van der Waals surface area contributed by atoms with E-state index in [0.717, 1.165) is 25.7 Å². The maximum absolute atomic E-state index is 9.78. The van der Waals surface area contributed by atoms with E-state index in [0.29, 0.717) is 6.61 Å². The molecule has 0 unspecified atom stereocenters. The van der Waals surface area contributed by atoms with Gasteiger partial charge in [-0.3, -0.25) is 0 Å². The van der Waals surface area contributed by atoms with E-state index < -0.39 is 24.4 Å². The van der Waals surface area contributed by atoms with Crippen LogP contribution in [0, 0.1) is 0 Å². The normalized spacial score (nSPS) is 29.2. The summed E-state index contributed by atoms with van der Waals surface area (Å²) in [6, 6.07) is 0. The second kappa shape index (κ2) is 9.44. The van der Waals surface area contributed by atoms with E-state index in [1.165, 1.54) is 0 Å². The van der Waals surface area contributed by atoms with Crippen LogP contribution < -0.4 is 0 Å². The molecular formula is C14H26O5. The lowest BCUT2D eigenvalue weighted by atomic mass is 10.1. The second-order valence-electron chi connectivity index (χ2n) is 4.87. The lowest BCUT2D eigenvalue weighted by molar-refractivity contribution is -0.0813. The zero-order chi connectivity index (χ0) is 14.1. The molecule has 0 saturated carbocycles. The number of ether oxygens (including phenoxy) is 2. The standard InChI is InChI=1S/C14H26O5/c1-2-3-4-5-6-7-8-18-9-12(16)14-13(17)11(15)10-19-14/h3-4,11-17H,2,5-10H2,1H3/b4-3+/t11-,12+,13+,14+/m0/s1. The Bertz CT molecular complexity index is 256. The van der Waals surface area contributed by atoms with E-state index in [1.807, 2.05) is 0 Å². The molecule has 112 valence electrons. The Kier molecular flexibility index (Phi) is 8.25. The summed E-state index contributed by atoms with van der Waals surface area (Å²) in [7, 11) is 0. The molecule has 1 heterocycles. The minimum Gasteiger partial charge on any atom is -0.388 e. The van der Waals surface area contributed by atoms with Crippen LogP contribution in [-0.2, 0) is 9.47 Å². The van der Waals surface area contributed by atoms with Gasteiger partial charge in [0.2, 0.25) is 0 Å². The maximum Gasteiger partial charge on any atom is 0.114 e. The number of hydrogen-bond acceptors (Lipinski definition) is 5. The fourth-order valence-corrected chi connectivity index (χ4v) is 2.01. The summed E-state index contributed by atoms with van der Waals surface area (Å²) in [5, 5.41) is 28.6. The number of unbranched alkanes of at least 4 members (excludes halogenated alkanes) is 2. The van der Waals surface area contributed by atoms with Crippen molar-refractivity contribution < 1.29 is 24.8 Å². The number of aliphatic hydroxyl groups excluding tert-OH is 3. The fourth-order valence-electron chi connectivity index (χ4n) is 2.01. The van der Waals surface area contributed by atoms with E-state index >= 15 is 0 Å². The monoisotopic (exact) mass is 274 g/mol. The third-order valence-electron chi connectivity index (χ3n) is 3.17. The van der Waals surface area contributed by atoms with Crippen LogP contribution in [0.1, 0.15) is 32.6 Å². The molecule has 1 aliphatic rings. The average Bonchev–Trinajstić information content (AvgIpc) is 2.73. The van der Waals surface area contributed by atoms with Gasteiger partial charge in [-0.2, -0.15) is 0 Å². The predicted molar refractivity (Wildman–Crippen MR) is 71.9 cm³/mol.